The van der Waals surface area contributed by atoms with Gasteiger partial charge in [-0.25, -0.2) is 4.98 Å². The Kier molecular flexibility index (Phi) is 4.06. The smallest absolute Gasteiger partial charge is 0.267 e. The van der Waals surface area contributed by atoms with Gasteiger partial charge in [0.2, 0.25) is 0 Å². The van der Waals surface area contributed by atoms with E-state index in [2.05, 4.69) is 24.1 Å². The highest BCUT2D eigenvalue weighted by molar-refractivity contribution is 7.18. The number of hydrogen-bond acceptors (Lipinski definition) is 5. The van der Waals surface area contributed by atoms with E-state index in [1.807, 2.05) is 4.90 Å². The maximum absolute atomic E-state index is 12.6. The number of aromatic nitrogens is 1. The van der Waals surface area contributed by atoms with Gasteiger partial charge >= 0.3 is 0 Å². The van der Waals surface area contributed by atoms with Crippen LogP contribution in [0.3, 0.4) is 0 Å². The van der Waals surface area contributed by atoms with E-state index in [0.29, 0.717) is 22.7 Å². The quantitative estimate of drug-likeness (QED) is 0.897. The number of amides is 1. The summed E-state index contributed by atoms with van der Waals surface area (Å²) in [4.78, 5) is 19.4. The molecule has 0 spiro atoms. The van der Waals surface area contributed by atoms with Crippen LogP contribution < -0.4 is 11.1 Å². The summed E-state index contributed by atoms with van der Waals surface area (Å²) in [6.07, 6.45) is 4.56. The van der Waals surface area contributed by atoms with Crippen LogP contribution in [-0.2, 0) is 0 Å². The van der Waals surface area contributed by atoms with Gasteiger partial charge in [-0.1, -0.05) is 25.2 Å². The Hall–Kier alpha value is -1.30. The molecule has 3 N–H and O–H groups in total. The molecule has 1 aliphatic carbocycles. The van der Waals surface area contributed by atoms with Gasteiger partial charge in [0.15, 0.2) is 5.13 Å². The van der Waals surface area contributed by atoms with Crippen LogP contribution in [0.25, 0.3) is 0 Å². The molecule has 6 heteroatoms. The van der Waals surface area contributed by atoms with Crippen molar-refractivity contribution in [1.29, 1.82) is 0 Å². The Morgan fingerprint density at radius 2 is 2.00 bits per heavy atom. The molecule has 1 saturated carbocycles. The maximum atomic E-state index is 12.6. The number of nitrogens with two attached hydrogens (primary N) is 1. The highest BCUT2D eigenvalue weighted by atomic mass is 32.1. The van der Waals surface area contributed by atoms with E-state index in [1.165, 1.54) is 24.2 Å². The lowest BCUT2D eigenvalue weighted by atomic mass is 9.87. The third kappa shape index (κ3) is 3.31. The number of piperidine rings is 1. The zero-order valence-corrected chi connectivity index (χ0v) is 13.6. The van der Waals surface area contributed by atoms with Crippen molar-refractivity contribution in [1.82, 2.24) is 9.88 Å². The van der Waals surface area contributed by atoms with Gasteiger partial charge in [0.1, 0.15) is 10.7 Å². The number of carbonyl (C=O) groups excluding carboxylic acids is 1. The molecule has 116 valence electrons. The summed E-state index contributed by atoms with van der Waals surface area (Å²) in [5.41, 5.74) is 5.93. The number of nitrogens with zero attached hydrogens (tertiary/aromatic N) is 2. The molecule has 0 bridgehead atoms. The van der Waals surface area contributed by atoms with Gasteiger partial charge in [-0.15, -0.1) is 0 Å². The molecule has 5 nitrogen and oxygen atoms in total. The number of hydrogen-bond donors (Lipinski definition) is 2. The topological polar surface area (TPSA) is 71.2 Å². The van der Waals surface area contributed by atoms with Crippen LogP contribution in [0.5, 0.6) is 0 Å². The van der Waals surface area contributed by atoms with Crippen molar-refractivity contribution in [3.63, 3.8) is 0 Å². The maximum Gasteiger partial charge on any atom is 0.267 e. The molecule has 0 radical (unpaired) electrons. The largest absolute Gasteiger partial charge is 0.382 e. The summed E-state index contributed by atoms with van der Waals surface area (Å²) in [5.74, 6) is 1.86. The van der Waals surface area contributed by atoms with Crippen molar-refractivity contribution < 1.29 is 4.79 Å². The van der Waals surface area contributed by atoms with E-state index < -0.39 is 0 Å². The van der Waals surface area contributed by atoms with Gasteiger partial charge in [-0.3, -0.25) is 4.79 Å². The Morgan fingerprint density at radius 3 is 2.57 bits per heavy atom. The van der Waals surface area contributed by atoms with E-state index in [0.717, 1.165) is 37.0 Å². The Balaban J connectivity index is 1.63. The van der Waals surface area contributed by atoms with Gasteiger partial charge in [0.25, 0.3) is 5.91 Å². The van der Waals surface area contributed by atoms with Gasteiger partial charge < -0.3 is 16.0 Å². The molecule has 0 aromatic carbocycles. The van der Waals surface area contributed by atoms with Crippen molar-refractivity contribution in [3.8, 4) is 0 Å². The molecule has 0 atom stereocenters. The third-order valence-corrected chi connectivity index (χ3v) is 5.51. The summed E-state index contributed by atoms with van der Waals surface area (Å²) < 4.78 is 0. The second-order valence-electron chi connectivity index (χ2n) is 6.53. The average Bonchev–Trinajstić information content (AvgIpc) is 3.20. The fourth-order valence-corrected chi connectivity index (χ4v) is 3.79. The van der Waals surface area contributed by atoms with Gasteiger partial charge in [-0.05, 0) is 37.5 Å². The average molecular weight is 308 g/mol. The van der Waals surface area contributed by atoms with E-state index in [-0.39, 0.29) is 5.91 Å². The SMILES string of the molecule is CC(C)C1CCN(C(=O)c2sc(NC3CC3)nc2N)CC1. The van der Waals surface area contributed by atoms with Crippen molar-refractivity contribution in [2.45, 2.75) is 45.6 Å². The molecular weight excluding hydrogens is 284 g/mol. The first-order valence-electron chi connectivity index (χ1n) is 7.86. The number of nitrogen functional groups attached to an aromatic ring is 1. The number of thiazole rings is 1. The Morgan fingerprint density at radius 1 is 1.33 bits per heavy atom. The van der Waals surface area contributed by atoms with Gasteiger partial charge in [-0.2, -0.15) is 0 Å². The number of nitrogens with one attached hydrogen (secondary N) is 1. The lowest BCUT2D eigenvalue weighted by Gasteiger charge is -2.33. The zero-order valence-electron chi connectivity index (χ0n) is 12.8. The van der Waals surface area contributed by atoms with Crippen molar-refractivity contribution >= 4 is 28.2 Å². The number of likely N-dealkylation sites (tertiary alicyclic amines) is 1. The fourth-order valence-electron chi connectivity index (χ4n) is 2.86. The number of anilines is 2. The summed E-state index contributed by atoms with van der Waals surface area (Å²) in [5, 5.41) is 4.10. The second kappa shape index (κ2) is 5.83. The first kappa shape index (κ1) is 14.6. The molecule has 1 aromatic rings. The first-order chi connectivity index (χ1) is 10.0. The molecule has 3 rings (SSSR count). The summed E-state index contributed by atoms with van der Waals surface area (Å²) in [7, 11) is 0. The predicted molar refractivity (Wildman–Crippen MR) is 86.6 cm³/mol. The van der Waals surface area contributed by atoms with E-state index in [1.54, 1.807) is 0 Å². The minimum absolute atomic E-state index is 0.0519. The van der Waals surface area contributed by atoms with Crippen LogP contribution in [-0.4, -0.2) is 34.9 Å². The highest BCUT2D eigenvalue weighted by Gasteiger charge is 2.29. The van der Waals surface area contributed by atoms with Gasteiger partial charge in [0, 0.05) is 19.1 Å². The number of rotatable bonds is 4. The summed E-state index contributed by atoms with van der Waals surface area (Å²) >= 11 is 1.40. The minimum Gasteiger partial charge on any atom is -0.382 e. The third-order valence-electron chi connectivity index (χ3n) is 4.52. The van der Waals surface area contributed by atoms with Crippen molar-refractivity contribution in [2.24, 2.45) is 11.8 Å². The fraction of sp³-hybridized carbons (Fsp3) is 0.733. The summed E-state index contributed by atoms with van der Waals surface area (Å²) in [6.45, 7) is 6.20. The summed E-state index contributed by atoms with van der Waals surface area (Å²) in [6, 6.07) is 0.528. The first-order valence-corrected chi connectivity index (χ1v) is 8.68. The molecule has 2 fully saturated rings. The monoisotopic (exact) mass is 308 g/mol. The molecule has 1 saturated heterocycles. The second-order valence-corrected chi connectivity index (χ2v) is 7.52. The normalized spacial score (nSPS) is 20.0. The van der Waals surface area contributed by atoms with E-state index in [4.69, 9.17) is 5.73 Å². The van der Waals surface area contributed by atoms with Crippen LogP contribution in [0, 0.1) is 11.8 Å². The molecule has 0 unspecified atom stereocenters. The predicted octanol–water partition coefficient (Wildman–Crippen LogP) is 2.81. The zero-order chi connectivity index (χ0) is 15.0. The Bertz CT molecular complexity index is 516. The molecule has 2 aliphatic rings. The molecule has 1 amide bonds. The highest BCUT2D eigenvalue weighted by Crippen LogP contribution is 2.32. The van der Waals surface area contributed by atoms with E-state index >= 15 is 0 Å². The molecule has 1 aliphatic heterocycles. The van der Waals surface area contributed by atoms with Crippen LogP contribution in [0.4, 0.5) is 10.9 Å². The van der Waals surface area contributed by atoms with Crippen LogP contribution >= 0.6 is 11.3 Å². The molecule has 2 heterocycles. The number of carbonyl (C=O) groups is 1. The van der Waals surface area contributed by atoms with E-state index in [9.17, 15) is 4.79 Å². The van der Waals surface area contributed by atoms with Gasteiger partial charge in [0.05, 0.1) is 0 Å². The lowest BCUT2D eigenvalue weighted by molar-refractivity contribution is 0.0673. The molecular formula is C15H24N4OS. The van der Waals surface area contributed by atoms with Crippen molar-refractivity contribution in [3.05, 3.63) is 4.88 Å². The Labute approximate surface area is 129 Å². The lowest BCUT2D eigenvalue weighted by Crippen LogP contribution is -2.39. The van der Waals surface area contributed by atoms with Crippen LogP contribution in [0.15, 0.2) is 0 Å². The standard InChI is InChI=1S/C15H24N4OS/c1-9(2)10-5-7-19(8-6-10)14(20)12-13(16)18-15(21-12)17-11-3-4-11/h9-11H,3-8,16H2,1-2H3,(H,17,18). The molecule has 21 heavy (non-hydrogen) atoms. The minimum atomic E-state index is 0.0519. The van der Waals surface area contributed by atoms with Crippen molar-refractivity contribution in [2.75, 3.05) is 24.1 Å². The van der Waals surface area contributed by atoms with Crippen LogP contribution in [0.1, 0.15) is 49.2 Å². The van der Waals surface area contributed by atoms with Crippen LogP contribution in [0.2, 0.25) is 0 Å². The molecule has 1 aromatic heterocycles.